The van der Waals surface area contributed by atoms with Crippen molar-refractivity contribution in [2.24, 2.45) is 0 Å². The van der Waals surface area contributed by atoms with Crippen molar-refractivity contribution in [2.75, 3.05) is 0 Å². The van der Waals surface area contributed by atoms with Crippen LogP contribution in [-0.4, -0.2) is 5.78 Å². The monoisotopic (exact) mass is 250 g/mol. The molecule has 0 aliphatic rings. The third-order valence-corrected chi connectivity index (χ3v) is 2.44. The van der Waals surface area contributed by atoms with Gasteiger partial charge in [-0.3, -0.25) is 4.79 Å². The number of allylic oxidation sites excluding steroid dienone is 2. The summed E-state index contributed by atoms with van der Waals surface area (Å²) in [6, 6.07) is 10.2. The Morgan fingerprint density at radius 2 is 2.05 bits per heavy atom. The maximum absolute atomic E-state index is 11.2. The smallest absolute Gasteiger partial charge is 0.209 e. The van der Waals surface area contributed by atoms with Crippen LogP contribution in [0.25, 0.3) is 6.08 Å². The molecular weight excluding hydrogens is 232 g/mol. The minimum Gasteiger partial charge on any atom is -0.285 e. The third-order valence-electron chi connectivity index (χ3n) is 2.44. The number of benzene rings is 1. The summed E-state index contributed by atoms with van der Waals surface area (Å²) >= 11 is 0. The molecule has 0 saturated carbocycles. The van der Waals surface area contributed by atoms with Crippen molar-refractivity contribution in [3.05, 3.63) is 60.4 Å². The molecule has 0 aliphatic heterocycles. The summed E-state index contributed by atoms with van der Waals surface area (Å²) in [6.45, 7) is 3.40. The average molecular weight is 250 g/mol. The molecule has 1 heteroatoms. The standard InChI is InChI=1S/C18H18O/c1-2-3-15-18(19)16-11-6-4-5-8-12-17-13-9-7-10-14-17/h3,7-10,12-14H,1,4-6,15H2/b12-8+. The number of rotatable bonds is 6. The summed E-state index contributed by atoms with van der Waals surface area (Å²) < 4.78 is 0. The predicted octanol–water partition coefficient (Wildman–Crippen LogP) is 4.17. The highest BCUT2D eigenvalue weighted by molar-refractivity contribution is 5.96. The maximum atomic E-state index is 11.2. The second-order valence-corrected chi connectivity index (χ2v) is 4.04. The van der Waals surface area contributed by atoms with Crippen LogP contribution in [0.15, 0.2) is 54.8 Å². The number of carbonyl (C=O) groups is 1. The van der Waals surface area contributed by atoms with E-state index >= 15 is 0 Å². The lowest BCUT2D eigenvalue weighted by Crippen LogP contribution is -1.88. The first-order valence-corrected chi connectivity index (χ1v) is 6.40. The van der Waals surface area contributed by atoms with E-state index in [-0.39, 0.29) is 5.78 Å². The first-order valence-electron chi connectivity index (χ1n) is 6.40. The van der Waals surface area contributed by atoms with Gasteiger partial charge in [0, 0.05) is 12.8 Å². The molecule has 0 radical (unpaired) electrons. The van der Waals surface area contributed by atoms with Crippen LogP contribution in [0.1, 0.15) is 31.2 Å². The highest BCUT2D eigenvalue weighted by Crippen LogP contribution is 2.03. The summed E-state index contributed by atoms with van der Waals surface area (Å²) in [5.74, 6) is 5.43. The van der Waals surface area contributed by atoms with Crippen molar-refractivity contribution >= 4 is 11.9 Å². The molecule has 0 fully saturated rings. The molecular formula is C18H18O. The average Bonchev–Trinajstić information content (AvgIpc) is 2.45. The first-order chi connectivity index (χ1) is 9.33. The SMILES string of the molecule is C=C=CCC(=O)C#CCCC/C=C/c1ccccc1. The van der Waals surface area contributed by atoms with Crippen LogP contribution in [-0.2, 0) is 4.79 Å². The Kier molecular flexibility index (Phi) is 7.55. The molecule has 0 N–H and O–H groups in total. The highest BCUT2D eigenvalue weighted by Gasteiger charge is 1.90. The molecule has 1 aromatic rings. The quantitative estimate of drug-likeness (QED) is 0.320. The number of unbranched alkanes of at least 4 members (excludes halogenated alkanes) is 2. The zero-order chi connectivity index (χ0) is 13.8. The van der Waals surface area contributed by atoms with E-state index in [1.165, 1.54) is 5.56 Å². The van der Waals surface area contributed by atoms with Gasteiger partial charge in [0.25, 0.3) is 0 Å². The second-order valence-electron chi connectivity index (χ2n) is 4.04. The van der Waals surface area contributed by atoms with E-state index in [1.54, 1.807) is 6.08 Å². The van der Waals surface area contributed by atoms with Crippen LogP contribution in [0.3, 0.4) is 0 Å². The zero-order valence-corrected chi connectivity index (χ0v) is 11.1. The highest BCUT2D eigenvalue weighted by atomic mass is 16.1. The van der Waals surface area contributed by atoms with Crippen LogP contribution in [0, 0.1) is 11.8 Å². The van der Waals surface area contributed by atoms with Gasteiger partial charge in [0.05, 0.1) is 0 Å². The maximum Gasteiger partial charge on any atom is 0.209 e. The van der Waals surface area contributed by atoms with Gasteiger partial charge in [-0.2, -0.15) is 0 Å². The Hall–Kier alpha value is -2.29. The first kappa shape index (κ1) is 14.8. The van der Waals surface area contributed by atoms with Crippen LogP contribution in [0.4, 0.5) is 0 Å². The van der Waals surface area contributed by atoms with Gasteiger partial charge in [0.1, 0.15) is 0 Å². The molecule has 0 aromatic heterocycles. The van der Waals surface area contributed by atoms with Crippen molar-refractivity contribution < 1.29 is 4.79 Å². The van der Waals surface area contributed by atoms with E-state index in [4.69, 9.17) is 0 Å². The summed E-state index contributed by atoms with van der Waals surface area (Å²) in [5, 5.41) is 0. The van der Waals surface area contributed by atoms with Crippen molar-refractivity contribution in [1.29, 1.82) is 0 Å². The molecule has 0 bridgehead atoms. The van der Waals surface area contributed by atoms with Gasteiger partial charge in [-0.15, -0.1) is 5.73 Å². The van der Waals surface area contributed by atoms with Gasteiger partial charge >= 0.3 is 0 Å². The van der Waals surface area contributed by atoms with E-state index in [1.807, 2.05) is 18.2 Å². The Labute approximate surface area is 115 Å². The number of ketones is 1. The Morgan fingerprint density at radius 1 is 1.26 bits per heavy atom. The van der Waals surface area contributed by atoms with Crippen LogP contribution in [0.5, 0.6) is 0 Å². The van der Waals surface area contributed by atoms with E-state index < -0.39 is 0 Å². The molecule has 1 nitrogen and oxygen atoms in total. The molecule has 0 aliphatic carbocycles. The number of carbonyl (C=O) groups excluding carboxylic acids is 1. The van der Waals surface area contributed by atoms with Crippen molar-refractivity contribution in [3.63, 3.8) is 0 Å². The fourth-order valence-corrected chi connectivity index (χ4v) is 1.47. The fraction of sp³-hybridized carbons (Fsp3) is 0.222. The number of Topliss-reactive ketones (excluding diaryl/α,β-unsaturated/α-hetero) is 1. The predicted molar refractivity (Wildman–Crippen MR) is 80.4 cm³/mol. The number of hydrogen-bond donors (Lipinski definition) is 0. The molecule has 19 heavy (non-hydrogen) atoms. The Bertz CT molecular complexity index is 520. The largest absolute Gasteiger partial charge is 0.285 e. The fourth-order valence-electron chi connectivity index (χ4n) is 1.47. The lowest BCUT2D eigenvalue weighted by molar-refractivity contribution is -0.113. The van der Waals surface area contributed by atoms with E-state index in [2.05, 4.69) is 48.4 Å². The van der Waals surface area contributed by atoms with Crippen LogP contribution >= 0.6 is 0 Å². The van der Waals surface area contributed by atoms with Crippen molar-refractivity contribution in [1.82, 2.24) is 0 Å². The molecule has 0 spiro atoms. The molecule has 0 amide bonds. The van der Waals surface area contributed by atoms with Crippen LogP contribution < -0.4 is 0 Å². The van der Waals surface area contributed by atoms with Gasteiger partial charge in [0.2, 0.25) is 5.78 Å². The Balaban J connectivity index is 2.18. The van der Waals surface area contributed by atoms with Crippen molar-refractivity contribution in [2.45, 2.75) is 25.7 Å². The van der Waals surface area contributed by atoms with E-state index in [0.29, 0.717) is 6.42 Å². The van der Waals surface area contributed by atoms with Crippen molar-refractivity contribution in [3.8, 4) is 11.8 Å². The van der Waals surface area contributed by atoms with Gasteiger partial charge in [-0.25, -0.2) is 0 Å². The zero-order valence-electron chi connectivity index (χ0n) is 11.1. The van der Waals surface area contributed by atoms with E-state index in [9.17, 15) is 4.79 Å². The minimum atomic E-state index is -0.0732. The lowest BCUT2D eigenvalue weighted by atomic mass is 10.1. The molecule has 96 valence electrons. The molecule has 1 rings (SSSR count). The summed E-state index contributed by atoms with van der Waals surface area (Å²) in [6.07, 6.45) is 8.85. The molecule has 0 saturated heterocycles. The molecule has 0 unspecified atom stereocenters. The Morgan fingerprint density at radius 3 is 2.79 bits per heavy atom. The van der Waals surface area contributed by atoms with Gasteiger partial charge in [-0.05, 0) is 30.4 Å². The third kappa shape index (κ3) is 7.60. The van der Waals surface area contributed by atoms with Gasteiger partial charge in [0.15, 0.2) is 0 Å². The topological polar surface area (TPSA) is 17.1 Å². The molecule has 1 aromatic carbocycles. The summed E-state index contributed by atoms with van der Waals surface area (Å²) in [4.78, 5) is 11.2. The summed E-state index contributed by atoms with van der Waals surface area (Å²) in [5.41, 5.74) is 3.77. The lowest BCUT2D eigenvalue weighted by Gasteiger charge is -1.91. The van der Waals surface area contributed by atoms with Gasteiger partial charge in [-0.1, -0.05) is 55.0 Å². The summed E-state index contributed by atoms with van der Waals surface area (Å²) in [7, 11) is 0. The minimum absolute atomic E-state index is 0.0732. The normalized spacial score (nSPS) is 9.47. The van der Waals surface area contributed by atoms with Crippen LogP contribution in [0.2, 0.25) is 0 Å². The molecule has 0 atom stereocenters. The van der Waals surface area contributed by atoms with E-state index in [0.717, 1.165) is 19.3 Å². The molecule has 0 heterocycles. The second kappa shape index (κ2) is 9.71. The van der Waals surface area contributed by atoms with Gasteiger partial charge < -0.3 is 0 Å². The number of hydrogen-bond acceptors (Lipinski definition) is 1.